The highest BCUT2D eigenvalue weighted by Crippen LogP contribution is 2.38. The monoisotopic (exact) mass is 328 g/mol. The number of hydrogen-bond acceptors (Lipinski definition) is 5. The van der Waals surface area contributed by atoms with Gasteiger partial charge in [0.1, 0.15) is 0 Å². The van der Waals surface area contributed by atoms with Crippen molar-refractivity contribution in [1.82, 2.24) is 5.32 Å². The van der Waals surface area contributed by atoms with E-state index in [4.69, 9.17) is 5.73 Å². The summed E-state index contributed by atoms with van der Waals surface area (Å²) in [5, 5.41) is 3.41. The number of carbonyl (C=O) groups is 1. The molecule has 0 spiro atoms. The minimum atomic E-state index is -2.99. The van der Waals surface area contributed by atoms with E-state index in [2.05, 4.69) is 12.2 Å². The molecule has 2 aliphatic rings. The molecule has 0 radical (unpaired) electrons. The molecule has 3 N–H and O–H groups in total. The zero-order valence-corrected chi connectivity index (χ0v) is 13.6. The number of nitrogen functional groups attached to an aromatic ring is 1. The standard InChI is InChI=1S/C14H20N2O3S2/c1-8-2-3-10-11(6-8)20-13(15)12(10)14(17)16-9-4-5-21(18,19)7-9/h8-9H,2-7,15H2,1H3,(H,16,17). The fraction of sp³-hybridized carbons (Fsp3) is 0.643. The molecule has 2 atom stereocenters. The van der Waals surface area contributed by atoms with Gasteiger partial charge in [0.25, 0.3) is 5.91 Å². The summed E-state index contributed by atoms with van der Waals surface area (Å²) in [6, 6.07) is -0.278. The summed E-state index contributed by atoms with van der Waals surface area (Å²) in [6.45, 7) is 2.21. The molecule has 1 amide bonds. The SMILES string of the molecule is CC1CCc2c(sc(N)c2C(=O)NC2CCS(=O)(=O)C2)C1. The highest BCUT2D eigenvalue weighted by atomic mass is 32.2. The fourth-order valence-electron chi connectivity index (χ4n) is 3.19. The van der Waals surface area contributed by atoms with Gasteiger partial charge >= 0.3 is 0 Å². The van der Waals surface area contributed by atoms with Crippen LogP contribution in [-0.4, -0.2) is 31.9 Å². The van der Waals surface area contributed by atoms with Gasteiger partial charge in [-0.25, -0.2) is 8.42 Å². The van der Waals surface area contributed by atoms with Gasteiger partial charge in [-0.1, -0.05) is 6.92 Å². The Hall–Kier alpha value is -1.08. The van der Waals surface area contributed by atoms with Gasteiger partial charge in [0.05, 0.1) is 22.1 Å². The number of amides is 1. The first-order chi connectivity index (χ1) is 9.85. The molecular formula is C14H20N2O3S2. The highest BCUT2D eigenvalue weighted by Gasteiger charge is 2.32. The Balaban J connectivity index is 1.79. The molecule has 3 rings (SSSR count). The third-order valence-corrected chi connectivity index (χ3v) is 7.19. The molecule has 0 saturated carbocycles. The Morgan fingerprint density at radius 2 is 2.14 bits per heavy atom. The summed E-state index contributed by atoms with van der Waals surface area (Å²) in [6.07, 6.45) is 3.43. The maximum atomic E-state index is 12.5. The molecule has 21 heavy (non-hydrogen) atoms. The van der Waals surface area contributed by atoms with Crippen molar-refractivity contribution in [3.8, 4) is 0 Å². The molecule has 5 nitrogen and oxygen atoms in total. The van der Waals surface area contributed by atoms with Crippen LogP contribution in [-0.2, 0) is 22.7 Å². The van der Waals surface area contributed by atoms with E-state index in [1.54, 1.807) is 0 Å². The van der Waals surface area contributed by atoms with E-state index in [0.29, 0.717) is 22.9 Å². The Kier molecular flexibility index (Phi) is 3.73. The van der Waals surface area contributed by atoms with Crippen molar-refractivity contribution in [3.63, 3.8) is 0 Å². The maximum Gasteiger partial charge on any atom is 0.254 e. The molecule has 1 saturated heterocycles. The van der Waals surface area contributed by atoms with Gasteiger partial charge in [-0.15, -0.1) is 11.3 Å². The number of nitrogens with two attached hydrogens (primary N) is 1. The first-order valence-electron chi connectivity index (χ1n) is 7.27. The minimum Gasteiger partial charge on any atom is -0.390 e. The second-order valence-electron chi connectivity index (χ2n) is 6.16. The van der Waals surface area contributed by atoms with Crippen molar-refractivity contribution in [3.05, 3.63) is 16.0 Å². The number of hydrogen-bond donors (Lipinski definition) is 2. The summed E-state index contributed by atoms with van der Waals surface area (Å²) in [4.78, 5) is 13.7. The van der Waals surface area contributed by atoms with Gasteiger partial charge < -0.3 is 11.1 Å². The van der Waals surface area contributed by atoms with Crippen LogP contribution in [0.4, 0.5) is 5.00 Å². The lowest BCUT2D eigenvalue weighted by molar-refractivity contribution is 0.0941. The number of rotatable bonds is 2. The molecule has 1 fully saturated rings. The summed E-state index contributed by atoms with van der Waals surface area (Å²) in [5.41, 5.74) is 7.70. The van der Waals surface area contributed by atoms with Crippen LogP contribution in [0, 0.1) is 5.92 Å². The van der Waals surface area contributed by atoms with Crippen LogP contribution in [0.5, 0.6) is 0 Å². The summed E-state index contributed by atoms with van der Waals surface area (Å²) < 4.78 is 22.9. The zero-order chi connectivity index (χ0) is 15.2. The molecule has 1 aliphatic heterocycles. The molecule has 7 heteroatoms. The first-order valence-corrected chi connectivity index (χ1v) is 9.91. The Bertz CT molecular complexity index is 679. The van der Waals surface area contributed by atoms with Crippen molar-refractivity contribution in [2.24, 2.45) is 5.92 Å². The zero-order valence-electron chi connectivity index (χ0n) is 12.0. The predicted octanol–water partition coefficient (Wildman–Crippen LogP) is 1.37. The van der Waals surface area contributed by atoms with Gasteiger partial charge in [-0.3, -0.25) is 4.79 Å². The smallest absolute Gasteiger partial charge is 0.254 e. The number of anilines is 1. The second kappa shape index (κ2) is 5.28. The molecule has 0 aromatic carbocycles. The lowest BCUT2D eigenvalue weighted by Crippen LogP contribution is -2.36. The Morgan fingerprint density at radius 3 is 2.81 bits per heavy atom. The van der Waals surface area contributed by atoms with Crippen LogP contribution in [0.15, 0.2) is 0 Å². The molecule has 0 bridgehead atoms. The fourth-order valence-corrected chi connectivity index (χ4v) is 6.14. The van der Waals surface area contributed by atoms with Gasteiger partial charge in [-0.2, -0.15) is 0 Å². The first kappa shape index (κ1) is 14.8. The maximum absolute atomic E-state index is 12.5. The number of sulfone groups is 1. The van der Waals surface area contributed by atoms with Gasteiger partial charge in [-0.05, 0) is 37.2 Å². The average Bonchev–Trinajstić information content (AvgIpc) is 2.87. The van der Waals surface area contributed by atoms with E-state index >= 15 is 0 Å². The minimum absolute atomic E-state index is 0.0437. The van der Waals surface area contributed by atoms with Crippen LogP contribution in [0.3, 0.4) is 0 Å². The predicted molar refractivity (Wildman–Crippen MR) is 84.4 cm³/mol. The van der Waals surface area contributed by atoms with Crippen molar-refractivity contribution >= 4 is 32.1 Å². The van der Waals surface area contributed by atoms with E-state index in [0.717, 1.165) is 24.8 Å². The normalized spacial score (nSPS) is 27.3. The molecule has 1 aromatic rings. The second-order valence-corrected chi connectivity index (χ2v) is 9.53. The van der Waals surface area contributed by atoms with E-state index in [1.165, 1.54) is 16.2 Å². The molecule has 116 valence electrons. The van der Waals surface area contributed by atoms with Crippen molar-refractivity contribution in [2.75, 3.05) is 17.2 Å². The lowest BCUT2D eigenvalue weighted by Gasteiger charge is -2.19. The third kappa shape index (κ3) is 2.94. The third-order valence-electron chi connectivity index (χ3n) is 4.33. The number of thiophene rings is 1. The van der Waals surface area contributed by atoms with E-state index < -0.39 is 9.84 Å². The van der Waals surface area contributed by atoms with E-state index in [9.17, 15) is 13.2 Å². The van der Waals surface area contributed by atoms with E-state index in [1.807, 2.05) is 0 Å². The van der Waals surface area contributed by atoms with Crippen LogP contribution in [0.2, 0.25) is 0 Å². The van der Waals surface area contributed by atoms with Crippen molar-refractivity contribution in [2.45, 2.75) is 38.6 Å². The van der Waals surface area contributed by atoms with Crippen molar-refractivity contribution < 1.29 is 13.2 Å². The molecule has 1 aromatic heterocycles. The van der Waals surface area contributed by atoms with Crippen LogP contribution in [0.1, 0.15) is 40.6 Å². The topological polar surface area (TPSA) is 89.3 Å². The summed E-state index contributed by atoms with van der Waals surface area (Å²) >= 11 is 1.51. The highest BCUT2D eigenvalue weighted by molar-refractivity contribution is 7.91. The quantitative estimate of drug-likeness (QED) is 0.858. The van der Waals surface area contributed by atoms with Crippen molar-refractivity contribution in [1.29, 1.82) is 0 Å². The Morgan fingerprint density at radius 1 is 1.38 bits per heavy atom. The summed E-state index contributed by atoms with van der Waals surface area (Å²) in [5.74, 6) is 0.627. The molecular weight excluding hydrogens is 308 g/mol. The van der Waals surface area contributed by atoms with Crippen LogP contribution >= 0.6 is 11.3 Å². The molecule has 1 aliphatic carbocycles. The lowest BCUT2D eigenvalue weighted by atomic mass is 9.88. The number of fused-ring (bicyclic) bond motifs is 1. The van der Waals surface area contributed by atoms with Gasteiger partial charge in [0, 0.05) is 10.9 Å². The Labute approximate surface area is 128 Å². The van der Waals surface area contributed by atoms with E-state index in [-0.39, 0.29) is 23.5 Å². The van der Waals surface area contributed by atoms with Crippen LogP contribution in [0.25, 0.3) is 0 Å². The molecule has 2 unspecified atom stereocenters. The summed E-state index contributed by atoms with van der Waals surface area (Å²) in [7, 11) is -2.99. The number of carbonyl (C=O) groups excluding carboxylic acids is 1. The molecule has 2 heterocycles. The van der Waals surface area contributed by atoms with Gasteiger partial charge in [0.15, 0.2) is 9.84 Å². The van der Waals surface area contributed by atoms with Crippen LogP contribution < -0.4 is 11.1 Å². The van der Waals surface area contributed by atoms with Gasteiger partial charge in [0.2, 0.25) is 0 Å². The largest absolute Gasteiger partial charge is 0.390 e. The average molecular weight is 328 g/mol. The number of nitrogens with one attached hydrogen (secondary N) is 1.